The number of benzene rings is 3. The van der Waals surface area contributed by atoms with Crippen molar-refractivity contribution in [2.24, 2.45) is 5.73 Å². The lowest BCUT2D eigenvalue weighted by Crippen LogP contribution is -2.44. The molecular formula is C82H104ClN15O7. The molecule has 3 aliphatic rings. The van der Waals surface area contributed by atoms with E-state index in [1.54, 1.807) is 39.5 Å². The molecule has 9 aromatic rings. The van der Waals surface area contributed by atoms with Gasteiger partial charge < -0.3 is 55.7 Å². The molecule has 12 rings (SSSR count). The number of likely N-dealkylation sites (tertiary alicyclic amines) is 2. The molecule has 9 heterocycles. The maximum Gasteiger partial charge on any atom is 0.410 e. The summed E-state index contributed by atoms with van der Waals surface area (Å²) in [6, 6.07) is 35.5. The highest BCUT2D eigenvalue weighted by Crippen LogP contribution is 2.33. The Balaban J connectivity index is 0.000000170. The summed E-state index contributed by atoms with van der Waals surface area (Å²) < 4.78 is 10.8. The number of nitrogens with one attached hydrogen (secondary N) is 3. The second-order valence-electron chi connectivity index (χ2n) is 28.3. The molecule has 0 unspecified atom stereocenters. The zero-order valence-electron chi connectivity index (χ0n) is 63.0. The highest BCUT2D eigenvalue weighted by Gasteiger charge is 2.29. The molecular weight excluding hydrogens is 1340 g/mol. The smallest absolute Gasteiger partial charge is 0.410 e. The fourth-order valence-electron chi connectivity index (χ4n) is 12.6. The highest BCUT2D eigenvalue weighted by atomic mass is 35.5. The number of hydrogen-bond donors (Lipinski definition) is 4. The molecule has 105 heavy (non-hydrogen) atoms. The number of piperidine rings is 3. The number of carbonyl (C=O) groups is 5. The molecule has 0 saturated carbocycles. The summed E-state index contributed by atoms with van der Waals surface area (Å²) in [5, 5.41) is 14.2. The minimum Gasteiger partial charge on any atom is -0.444 e. The van der Waals surface area contributed by atoms with Crippen molar-refractivity contribution < 1.29 is 33.4 Å². The van der Waals surface area contributed by atoms with E-state index in [2.05, 4.69) is 42.0 Å². The summed E-state index contributed by atoms with van der Waals surface area (Å²) in [5.74, 6) is 0.147. The van der Waals surface area contributed by atoms with Crippen LogP contribution in [0.4, 0.5) is 21.0 Å². The van der Waals surface area contributed by atoms with Crippen molar-refractivity contribution in [3.63, 3.8) is 0 Å². The summed E-state index contributed by atoms with van der Waals surface area (Å²) in [6.45, 7) is 32.2. The Morgan fingerprint density at radius 1 is 0.467 bits per heavy atom. The molecule has 0 aliphatic carbocycles. The second kappa shape index (κ2) is 37.2. The fraction of sp³-hybridized carbons (Fsp3) is 0.427. The lowest BCUT2D eigenvalue weighted by Gasteiger charge is -2.34. The molecule has 22 nitrogen and oxygen atoms in total. The van der Waals surface area contributed by atoms with E-state index in [1.165, 1.54) is 0 Å². The van der Waals surface area contributed by atoms with Gasteiger partial charge in [-0.2, -0.15) is 0 Å². The van der Waals surface area contributed by atoms with Gasteiger partial charge in [0.2, 0.25) is 0 Å². The number of rotatable bonds is 16. The van der Waals surface area contributed by atoms with Crippen molar-refractivity contribution in [2.75, 3.05) is 89.2 Å². The molecule has 3 saturated heterocycles. The first kappa shape index (κ1) is 79.2. The first-order chi connectivity index (χ1) is 50.4. The number of aromatic nitrogens is 6. The molecule has 0 spiro atoms. The van der Waals surface area contributed by atoms with Crippen molar-refractivity contribution in [1.82, 2.24) is 59.7 Å². The lowest BCUT2D eigenvalue weighted by molar-refractivity contribution is 0.0197. The van der Waals surface area contributed by atoms with E-state index in [9.17, 15) is 24.0 Å². The van der Waals surface area contributed by atoms with Gasteiger partial charge in [0.25, 0.3) is 17.7 Å². The fourth-order valence-corrected chi connectivity index (χ4v) is 12.9. The first-order valence-corrected chi connectivity index (χ1v) is 37.3. The number of anilines is 2. The molecule has 3 aliphatic heterocycles. The molecule has 3 fully saturated rings. The van der Waals surface area contributed by atoms with E-state index in [1.807, 2.05) is 208 Å². The maximum atomic E-state index is 12.7. The largest absolute Gasteiger partial charge is 0.444 e. The summed E-state index contributed by atoms with van der Waals surface area (Å²) in [6.07, 6.45) is 15.7. The van der Waals surface area contributed by atoms with Crippen LogP contribution >= 0.6 is 11.6 Å². The van der Waals surface area contributed by atoms with Crippen LogP contribution in [0.2, 0.25) is 5.02 Å². The van der Waals surface area contributed by atoms with Gasteiger partial charge in [-0.05, 0) is 207 Å². The van der Waals surface area contributed by atoms with E-state index in [0.29, 0.717) is 80.1 Å². The van der Waals surface area contributed by atoms with Gasteiger partial charge in [0.05, 0.1) is 38.7 Å². The molecule has 556 valence electrons. The van der Waals surface area contributed by atoms with E-state index < -0.39 is 11.2 Å². The standard InChI is InChI=1S/C29H37N5O3.C24H29N5O.C19H18ClN3O.C10H20N2O2/c1-6-33(7-2)27(35)21-10-8-20(9-11-21)25-18-26(23-19-30-15-12-24(23)32-25)31-22-13-16-34(17-14-22)28(36)37-29(3,4)5;1-3-29(4-2)24(30)18-7-5-17(6-8-18)22-15-23(27-19-9-12-25-13-10-19)20-16-26-14-11-21(20)28-22;1-3-23(4-2)19(24)14-7-5-13(6-8-14)18-11-16(20)15-12-21-10-9-17(15)22-18;1-10(2,3)14-9(13)12-6-4-8(11)5-7-12/h8-12,15,18-19,22H,6-7,13-14,16-17H2,1-5H3,(H,31,32);5-8,11,14-16,19,25H,3-4,9-10,12-13H2,1-2H3,(H,27,28);5-12H,3-4H2,1-2H3;8H,4-7,11H2,1-3H3. The molecule has 3 aromatic carbocycles. The van der Waals surface area contributed by atoms with Crippen molar-refractivity contribution in [2.45, 2.75) is 151 Å². The predicted octanol–water partition coefficient (Wildman–Crippen LogP) is 15.3. The Morgan fingerprint density at radius 2 is 0.781 bits per heavy atom. The van der Waals surface area contributed by atoms with E-state index in [4.69, 9.17) is 36.8 Å². The van der Waals surface area contributed by atoms with Crippen LogP contribution in [0.15, 0.2) is 146 Å². The summed E-state index contributed by atoms with van der Waals surface area (Å²) in [5.41, 5.74) is 16.9. The number of nitrogens with zero attached hydrogens (tertiary/aromatic N) is 11. The van der Waals surface area contributed by atoms with Crippen molar-refractivity contribution >= 4 is 85.6 Å². The van der Waals surface area contributed by atoms with Gasteiger partial charge in [0.15, 0.2) is 0 Å². The van der Waals surface area contributed by atoms with Gasteiger partial charge in [-0.15, -0.1) is 0 Å². The molecule has 6 aromatic heterocycles. The lowest BCUT2D eigenvalue weighted by atomic mass is 10.0. The topological polar surface area (TPSA) is 259 Å². The van der Waals surface area contributed by atoms with Gasteiger partial charge in [0, 0.05) is 182 Å². The van der Waals surface area contributed by atoms with Gasteiger partial charge in [-0.1, -0.05) is 48.0 Å². The second-order valence-corrected chi connectivity index (χ2v) is 28.7. The molecule has 5 amide bonds. The molecule has 23 heteroatoms. The van der Waals surface area contributed by atoms with Crippen LogP contribution in [0.1, 0.15) is 153 Å². The third-order valence-corrected chi connectivity index (χ3v) is 18.9. The third kappa shape index (κ3) is 21.9. The molecule has 5 N–H and O–H groups in total. The Kier molecular flexibility index (Phi) is 28.1. The quantitative estimate of drug-likeness (QED) is 0.0701. The van der Waals surface area contributed by atoms with Crippen LogP contribution in [0.5, 0.6) is 0 Å². The van der Waals surface area contributed by atoms with Crippen molar-refractivity contribution in [3.8, 4) is 33.8 Å². The van der Waals surface area contributed by atoms with Crippen LogP contribution in [-0.2, 0) is 9.47 Å². The predicted molar refractivity (Wildman–Crippen MR) is 421 cm³/mol. The minimum absolute atomic E-state index is 0.0363. The minimum atomic E-state index is -0.498. The van der Waals surface area contributed by atoms with Crippen LogP contribution in [0.25, 0.3) is 66.5 Å². The number of ether oxygens (including phenoxy) is 2. The average Bonchev–Trinajstić information content (AvgIpc) is 0.808. The Bertz CT molecular complexity index is 4360. The maximum absolute atomic E-state index is 12.7. The Hall–Kier alpha value is -9.90. The van der Waals surface area contributed by atoms with Gasteiger partial charge in [-0.3, -0.25) is 29.3 Å². The number of amides is 5. The van der Waals surface area contributed by atoms with Crippen LogP contribution < -0.4 is 21.7 Å². The van der Waals surface area contributed by atoms with Crippen molar-refractivity contribution in [1.29, 1.82) is 0 Å². The third-order valence-electron chi connectivity index (χ3n) is 18.6. The zero-order chi connectivity index (χ0) is 75.4. The number of halogens is 1. The highest BCUT2D eigenvalue weighted by molar-refractivity contribution is 6.35. The SMILES string of the molecule is CC(C)(C)OC(=O)N1CCC(N)CC1.CCN(CC)C(=O)c1ccc(-c2cc(Cl)c3cnccc3n2)cc1.CCN(CC)C(=O)c1ccc(-c2cc(NC3CCN(C(=O)OC(C)(C)C)CC3)c3cnccc3n2)cc1.CCN(CC)C(=O)c1ccc(-c2cc(NC3CCNCC3)c3cnccc3n2)cc1. The van der Waals surface area contributed by atoms with Crippen LogP contribution in [0, 0.1) is 0 Å². The number of carbonyl (C=O) groups excluding carboxylic acids is 5. The van der Waals surface area contributed by atoms with Gasteiger partial charge in [-0.25, -0.2) is 24.5 Å². The number of fused-ring (bicyclic) bond motifs is 3. The van der Waals surface area contributed by atoms with Crippen LogP contribution in [0.3, 0.4) is 0 Å². The number of nitrogens with two attached hydrogens (primary N) is 1. The van der Waals surface area contributed by atoms with Gasteiger partial charge in [0.1, 0.15) is 11.2 Å². The van der Waals surface area contributed by atoms with E-state index in [-0.39, 0.29) is 42.0 Å². The molecule has 0 bridgehead atoms. The summed E-state index contributed by atoms with van der Waals surface area (Å²) in [4.78, 5) is 97.7. The average molecular weight is 1450 g/mol. The monoisotopic (exact) mass is 1450 g/mol. The summed E-state index contributed by atoms with van der Waals surface area (Å²) in [7, 11) is 0. The Labute approximate surface area is 623 Å². The molecule has 0 radical (unpaired) electrons. The van der Waals surface area contributed by atoms with Crippen molar-refractivity contribution in [3.05, 3.63) is 168 Å². The van der Waals surface area contributed by atoms with E-state index in [0.717, 1.165) is 143 Å². The summed E-state index contributed by atoms with van der Waals surface area (Å²) >= 11 is 6.33. The Morgan fingerprint density at radius 3 is 1.12 bits per heavy atom. The zero-order valence-corrected chi connectivity index (χ0v) is 63.8. The van der Waals surface area contributed by atoms with Crippen LogP contribution in [-0.4, -0.2) is 192 Å². The number of hydrogen-bond acceptors (Lipinski definition) is 17. The first-order valence-electron chi connectivity index (χ1n) is 36.9. The normalized spacial score (nSPS) is 14.3. The van der Waals surface area contributed by atoms with E-state index >= 15 is 0 Å². The van der Waals surface area contributed by atoms with Gasteiger partial charge >= 0.3 is 12.2 Å². The molecule has 0 atom stereocenters. The number of pyridine rings is 6.